The molecule has 1 aliphatic rings. The predicted octanol–water partition coefficient (Wildman–Crippen LogP) is 6.92. The summed E-state index contributed by atoms with van der Waals surface area (Å²) in [5.41, 5.74) is 2.70. The number of halogens is 1. The molecule has 3 aromatic carbocycles. The molecule has 2 heterocycles. The van der Waals surface area contributed by atoms with Crippen LogP contribution in [-0.2, 0) is 4.79 Å². The van der Waals surface area contributed by atoms with Crippen molar-refractivity contribution in [3.8, 4) is 11.4 Å². The highest BCUT2D eigenvalue weighted by Gasteiger charge is 2.35. The first-order chi connectivity index (χ1) is 18.2. The van der Waals surface area contributed by atoms with Crippen molar-refractivity contribution in [2.24, 2.45) is 0 Å². The lowest BCUT2D eigenvalue weighted by molar-refractivity contribution is -0.384. The second-order valence-electron chi connectivity index (χ2n) is 8.71. The number of hydrogen-bond acceptors (Lipinski definition) is 6. The van der Waals surface area contributed by atoms with Gasteiger partial charge in [-0.3, -0.25) is 24.6 Å². The number of carbonyl (C=O) groups is 2. The third kappa shape index (κ3) is 4.78. The fourth-order valence-electron chi connectivity index (χ4n) is 4.51. The highest BCUT2D eigenvalue weighted by Crippen LogP contribution is 2.35. The zero-order valence-corrected chi connectivity index (χ0v) is 22.1. The number of nitro benzene ring substituents is 1. The summed E-state index contributed by atoms with van der Waals surface area (Å²) in [6, 6.07) is 20.1. The van der Waals surface area contributed by atoms with Crippen LogP contribution in [-0.4, -0.2) is 38.7 Å². The minimum absolute atomic E-state index is 0.0551. The third-order valence-electron chi connectivity index (χ3n) is 6.34. The summed E-state index contributed by atoms with van der Waals surface area (Å²) in [6.07, 6.45) is 1.68. The van der Waals surface area contributed by atoms with E-state index in [2.05, 4.69) is 0 Å². The standard InChI is InChI=1S/C28H22ClN3O5S/c1-17-14-20(18(2)31(17)21-10-11-23(29)24(16-21)32(35)36)15-26-27(33)30(28(34)38-26)12-13-37-25-9-5-7-19-6-3-4-8-22(19)25/h3-11,14-16H,12-13H2,1-2H3/b26-15-. The number of aryl methyl sites for hydroxylation is 1. The number of imide groups is 1. The summed E-state index contributed by atoms with van der Waals surface area (Å²) >= 11 is 6.85. The van der Waals surface area contributed by atoms with Crippen LogP contribution in [0.3, 0.4) is 0 Å². The van der Waals surface area contributed by atoms with Crippen LogP contribution in [0, 0.1) is 24.0 Å². The lowest BCUT2D eigenvalue weighted by Gasteiger charge is -2.14. The molecule has 0 bridgehead atoms. The van der Waals surface area contributed by atoms with Crippen LogP contribution in [0.1, 0.15) is 17.0 Å². The smallest absolute Gasteiger partial charge is 0.293 e. The van der Waals surface area contributed by atoms with E-state index >= 15 is 0 Å². The fourth-order valence-corrected chi connectivity index (χ4v) is 5.56. The van der Waals surface area contributed by atoms with Gasteiger partial charge in [0.1, 0.15) is 17.4 Å². The molecule has 5 rings (SSSR count). The average Bonchev–Trinajstić information content (AvgIpc) is 3.33. The molecule has 1 fully saturated rings. The van der Waals surface area contributed by atoms with E-state index in [-0.39, 0.29) is 35.0 Å². The summed E-state index contributed by atoms with van der Waals surface area (Å²) in [5, 5.41) is 13.0. The summed E-state index contributed by atoms with van der Waals surface area (Å²) in [5.74, 6) is 0.314. The number of carbonyl (C=O) groups excluding carboxylic acids is 2. The van der Waals surface area contributed by atoms with Gasteiger partial charge in [0.15, 0.2) is 0 Å². The van der Waals surface area contributed by atoms with Crippen LogP contribution >= 0.6 is 23.4 Å². The molecular formula is C28H22ClN3O5S. The molecule has 0 N–H and O–H groups in total. The van der Waals surface area contributed by atoms with Crippen molar-refractivity contribution in [2.45, 2.75) is 13.8 Å². The molecule has 0 aliphatic carbocycles. The van der Waals surface area contributed by atoms with E-state index in [1.165, 1.54) is 17.0 Å². The lowest BCUT2D eigenvalue weighted by Crippen LogP contribution is -2.32. The molecule has 38 heavy (non-hydrogen) atoms. The Hall–Kier alpha value is -4.08. The molecule has 0 atom stereocenters. The minimum Gasteiger partial charge on any atom is -0.491 e. The number of hydrogen-bond donors (Lipinski definition) is 0. The summed E-state index contributed by atoms with van der Waals surface area (Å²) in [6.45, 7) is 4.00. The second-order valence-corrected chi connectivity index (χ2v) is 10.1. The minimum atomic E-state index is -0.527. The van der Waals surface area contributed by atoms with Crippen LogP contribution in [0.5, 0.6) is 5.75 Å². The Bertz CT molecular complexity index is 1640. The van der Waals surface area contributed by atoms with Crippen LogP contribution < -0.4 is 4.74 Å². The molecule has 0 radical (unpaired) electrons. The normalized spacial score (nSPS) is 14.6. The van der Waals surface area contributed by atoms with Gasteiger partial charge in [0.2, 0.25) is 0 Å². The van der Waals surface area contributed by atoms with Crippen molar-refractivity contribution in [1.29, 1.82) is 0 Å². The van der Waals surface area contributed by atoms with Gasteiger partial charge in [-0.25, -0.2) is 0 Å². The summed E-state index contributed by atoms with van der Waals surface area (Å²) < 4.78 is 7.76. The summed E-state index contributed by atoms with van der Waals surface area (Å²) in [4.78, 5) is 38.0. The van der Waals surface area contributed by atoms with E-state index in [4.69, 9.17) is 16.3 Å². The maximum Gasteiger partial charge on any atom is 0.293 e. The number of amides is 2. The van der Waals surface area contributed by atoms with Crippen molar-refractivity contribution < 1.29 is 19.2 Å². The van der Waals surface area contributed by atoms with E-state index < -0.39 is 4.92 Å². The fraction of sp³-hybridized carbons (Fsp3) is 0.143. The van der Waals surface area contributed by atoms with Gasteiger partial charge in [-0.05, 0) is 66.9 Å². The van der Waals surface area contributed by atoms with Crippen molar-refractivity contribution >= 4 is 57.0 Å². The van der Waals surface area contributed by atoms with Crippen LogP contribution in [0.4, 0.5) is 10.5 Å². The SMILES string of the molecule is Cc1cc(/C=C2\SC(=O)N(CCOc3cccc4ccccc34)C2=O)c(C)n1-c1ccc(Cl)c([N+](=O)[O-])c1. The molecule has 0 saturated carbocycles. The topological polar surface area (TPSA) is 94.7 Å². The van der Waals surface area contributed by atoms with Gasteiger partial charge < -0.3 is 9.30 Å². The molecule has 8 nitrogen and oxygen atoms in total. The quantitative estimate of drug-likeness (QED) is 0.141. The predicted molar refractivity (Wildman–Crippen MR) is 149 cm³/mol. The molecule has 2 amide bonds. The van der Waals surface area contributed by atoms with E-state index in [0.29, 0.717) is 16.3 Å². The molecule has 1 aliphatic heterocycles. The number of thioether (sulfide) groups is 1. The molecule has 0 unspecified atom stereocenters. The number of benzene rings is 3. The lowest BCUT2D eigenvalue weighted by atomic mass is 10.1. The third-order valence-corrected chi connectivity index (χ3v) is 7.56. The second kappa shape index (κ2) is 10.4. The highest BCUT2D eigenvalue weighted by molar-refractivity contribution is 8.18. The average molecular weight is 548 g/mol. The van der Waals surface area contributed by atoms with Gasteiger partial charge in [-0.2, -0.15) is 0 Å². The zero-order valence-electron chi connectivity index (χ0n) is 20.5. The van der Waals surface area contributed by atoms with E-state index in [1.807, 2.05) is 66.9 Å². The van der Waals surface area contributed by atoms with E-state index in [0.717, 1.165) is 39.5 Å². The number of rotatable bonds is 7. The molecule has 1 aromatic heterocycles. The first-order valence-corrected chi connectivity index (χ1v) is 12.9. The number of fused-ring (bicyclic) bond motifs is 1. The van der Waals surface area contributed by atoms with Gasteiger partial charge in [0, 0.05) is 22.8 Å². The first kappa shape index (κ1) is 25.6. The Morgan fingerprint density at radius 3 is 2.61 bits per heavy atom. The van der Waals surface area contributed by atoms with E-state index in [9.17, 15) is 19.7 Å². The van der Waals surface area contributed by atoms with Gasteiger partial charge in [0.05, 0.1) is 22.1 Å². The molecule has 4 aromatic rings. The maximum absolute atomic E-state index is 13.1. The molecule has 192 valence electrons. The van der Waals surface area contributed by atoms with Crippen LogP contribution in [0.25, 0.3) is 22.5 Å². The monoisotopic (exact) mass is 547 g/mol. The van der Waals surface area contributed by atoms with Gasteiger partial charge in [0.25, 0.3) is 16.8 Å². The Balaban J connectivity index is 1.33. The number of nitrogens with zero attached hydrogens (tertiary/aromatic N) is 3. The molecule has 0 spiro atoms. The maximum atomic E-state index is 13.1. The number of ether oxygens (including phenoxy) is 1. The Labute approximate surface area is 227 Å². The van der Waals surface area contributed by atoms with Crippen LogP contribution in [0.15, 0.2) is 71.6 Å². The summed E-state index contributed by atoms with van der Waals surface area (Å²) in [7, 11) is 0. The van der Waals surface area contributed by atoms with Gasteiger partial charge in [-0.1, -0.05) is 48.0 Å². The van der Waals surface area contributed by atoms with Gasteiger partial charge >= 0.3 is 0 Å². The van der Waals surface area contributed by atoms with Crippen molar-refractivity contribution in [1.82, 2.24) is 9.47 Å². The number of nitro groups is 1. The van der Waals surface area contributed by atoms with Crippen LogP contribution in [0.2, 0.25) is 5.02 Å². The largest absolute Gasteiger partial charge is 0.491 e. The van der Waals surface area contributed by atoms with Crippen molar-refractivity contribution in [2.75, 3.05) is 13.2 Å². The first-order valence-electron chi connectivity index (χ1n) is 11.7. The Morgan fingerprint density at radius 2 is 1.82 bits per heavy atom. The van der Waals surface area contributed by atoms with E-state index in [1.54, 1.807) is 12.1 Å². The zero-order chi connectivity index (χ0) is 27.0. The van der Waals surface area contributed by atoms with Crippen molar-refractivity contribution in [3.63, 3.8) is 0 Å². The number of aromatic nitrogens is 1. The molecule has 10 heteroatoms. The molecular weight excluding hydrogens is 526 g/mol. The van der Waals surface area contributed by atoms with Gasteiger partial charge in [-0.15, -0.1) is 0 Å². The Morgan fingerprint density at radius 1 is 1.05 bits per heavy atom. The van der Waals surface area contributed by atoms with Crippen molar-refractivity contribution in [3.05, 3.63) is 104 Å². The highest BCUT2D eigenvalue weighted by atomic mass is 35.5. The molecule has 1 saturated heterocycles. The Kier molecular flexibility index (Phi) is 6.96.